The van der Waals surface area contributed by atoms with E-state index < -0.39 is 0 Å². The number of aromatic nitrogens is 3. The largest absolute Gasteiger partial charge is 0.489 e. The number of fused-ring (bicyclic) bond motifs is 1. The van der Waals surface area contributed by atoms with Crippen molar-refractivity contribution in [3.63, 3.8) is 0 Å². The van der Waals surface area contributed by atoms with E-state index >= 15 is 0 Å². The summed E-state index contributed by atoms with van der Waals surface area (Å²) in [5.41, 5.74) is 6.97. The molecule has 0 saturated heterocycles. The fourth-order valence-corrected chi connectivity index (χ4v) is 5.26. The zero-order chi connectivity index (χ0) is 22.9. The molecule has 6 nitrogen and oxygen atoms in total. The number of thiazole rings is 1. The lowest BCUT2D eigenvalue weighted by atomic mass is 10.1. The molecule has 0 aliphatic carbocycles. The lowest BCUT2D eigenvalue weighted by Crippen LogP contribution is -1.97. The molecule has 0 spiro atoms. The highest BCUT2D eigenvalue weighted by Gasteiger charge is 2.23. The summed E-state index contributed by atoms with van der Waals surface area (Å²) >= 11 is 1.64. The molecule has 0 atom stereocenters. The number of nitrogens with zero attached hydrogens (tertiary/aromatic N) is 5. The molecule has 2 aromatic carbocycles. The van der Waals surface area contributed by atoms with E-state index in [0.717, 1.165) is 54.9 Å². The van der Waals surface area contributed by atoms with E-state index in [0.29, 0.717) is 13.0 Å². The van der Waals surface area contributed by atoms with Crippen molar-refractivity contribution in [3.05, 3.63) is 95.1 Å². The van der Waals surface area contributed by atoms with Crippen LogP contribution in [0, 0.1) is 6.92 Å². The van der Waals surface area contributed by atoms with Crippen molar-refractivity contribution in [3.8, 4) is 27.6 Å². The number of rotatable bonds is 6. The van der Waals surface area contributed by atoms with Crippen LogP contribution in [-0.2, 0) is 6.61 Å². The minimum atomic E-state index is 0.513. The standard InChI is InChI=1S/C27H21N5OS/c1-18-24(23-16-21(13-15-32(23)31-18)33-17-19-8-4-2-5-9-19)27-29-25(20-10-6-3-7-11-20)26(34-27)22-12-14-28-30-22/h2-11,13-16H,12,17H2,1H3. The van der Waals surface area contributed by atoms with Gasteiger partial charge in [0.15, 0.2) is 0 Å². The normalized spacial score (nSPS) is 12.9. The quantitative estimate of drug-likeness (QED) is 0.302. The average Bonchev–Trinajstić information content (AvgIpc) is 3.62. The van der Waals surface area contributed by atoms with Crippen LogP contribution >= 0.6 is 11.3 Å². The predicted octanol–water partition coefficient (Wildman–Crippen LogP) is 6.19. The van der Waals surface area contributed by atoms with Crippen molar-refractivity contribution in [2.75, 3.05) is 0 Å². The number of hydrogen-bond acceptors (Lipinski definition) is 6. The van der Waals surface area contributed by atoms with Crippen LogP contribution in [0.1, 0.15) is 22.6 Å². The summed E-state index contributed by atoms with van der Waals surface area (Å²) in [6.07, 6.45) is 4.49. The highest BCUT2D eigenvalue weighted by molar-refractivity contribution is 7.17. The Labute approximate surface area is 200 Å². The smallest absolute Gasteiger partial charge is 0.128 e. The second-order valence-electron chi connectivity index (χ2n) is 8.04. The molecule has 1 aliphatic rings. The number of pyridine rings is 1. The molecule has 0 fully saturated rings. The molecule has 0 radical (unpaired) electrons. The minimum Gasteiger partial charge on any atom is -0.489 e. The van der Waals surface area contributed by atoms with Gasteiger partial charge in [-0.05, 0) is 18.6 Å². The van der Waals surface area contributed by atoms with Gasteiger partial charge >= 0.3 is 0 Å². The first-order valence-corrected chi connectivity index (χ1v) is 11.9. The molecule has 0 unspecified atom stereocenters. The van der Waals surface area contributed by atoms with Gasteiger partial charge in [-0.15, -0.1) is 11.3 Å². The molecule has 0 bridgehead atoms. The molecular formula is C27H21N5OS. The number of aryl methyl sites for hydroxylation is 1. The van der Waals surface area contributed by atoms with Gasteiger partial charge in [0.1, 0.15) is 17.4 Å². The molecule has 7 heteroatoms. The summed E-state index contributed by atoms with van der Waals surface area (Å²) in [7, 11) is 0. The Balaban J connectivity index is 1.42. The zero-order valence-electron chi connectivity index (χ0n) is 18.5. The fourth-order valence-electron chi connectivity index (χ4n) is 4.07. The van der Waals surface area contributed by atoms with Crippen LogP contribution in [0.15, 0.2) is 89.2 Å². The molecule has 0 N–H and O–H groups in total. The van der Waals surface area contributed by atoms with Gasteiger partial charge < -0.3 is 4.74 Å². The van der Waals surface area contributed by atoms with Crippen LogP contribution in [0.25, 0.3) is 27.3 Å². The van der Waals surface area contributed by atoms with Gasteiger partial charge in [0.2, 0.25) is 0 Å². The van der Waals surface area contributed by atoms with Gasteiger partial charge in [-0.2, -0.15) is 15.3 Å². The molecule has 5 aromatic rings. The minimum absolute atomic E-state index is 0.513. The van der Waals surface area contributed by atoms with Crippen LogP contribution in [0.4, 0.5) is 0 Å². The summed E-state index contributed by atoms with van der Waals surface area (Å²) in [6.45, 7) is 2.53. The van der Waals surface area contributed by atoms with E-state index in [-0.39, 0.29) is 0 Å². The summed E-state index contributed by atoms with van der Waals surface area (Å²) < 4.78 is 7.97. The zero-order valence-corrected chi connectivity index (χ0v) is 19.4. The van der Waals surface area contributed by atoms with Crippen LogP contribution in [0.2, 0.25) is 0 Å². The second-order valence-corrected chi connectivity index (χ2v) is 9.04. The fraction of sp³-hybridized carbons (Fsp3) is 0.111. The second kappa shape index (κ2) is 8.68. The van der Waals surface area contributed by atoms with Crippen molar-refractivity contribution < 1.29 is 4.74 Å². The van der Waals surface area contributed by atoms with Crippen molar-refractivity contribution in [1.82, 2.24) is 14.6 Å². The van der Waals surface area contributed by atoms with Crippen LogP contribution < -0.4 is 4.74 Å². The first kappa shape index (κ1) is 20.5. The Bertz CT molecular complexity index is 1530. The predicted molar refractivity (Wildman–Crippen MR) is 137 cm³/mol. The Morgan fingerprint density at radius 2 is 1.79 bits per heavy atom. The molecule has 34 heavy (non-hydrogen) atoms. The third-order valence-corrected chi connectivity index (χ3v) is 6.85. The first-order valence-electron chi connectivity index (χ1n) is 11.1. The SMILES string of the molecule is Cc1nn2ccc(OCc3ccccc3)cc2c1-c1nc(-c2ccccc2)c(C2=NN=CC2)s1. The lowest BCUT2D eigenvalue weighted by Gasteiger charge is -2.07. The van der Waals surface area contributed by atoms with Crippen molar-refractivity contribution in [2.24, 2.45) is 10.2 Å². The number of ether oxygens (including phenoxy) is 1. The molecule has 0 saturated carbocycles. The Morgan fingerprint density at radius 3 is 2.56 bits per heavy atom. The van der Waals surface area contributed by atoms with E-state index in [9.17, 15) is 0 Å². The molecule has 3 aromatic heterocycles. The summed E-state index contributed by atoms with van der Waals surface area (Å²) in [5, 5.41) is 14.1. The molecule has 0 amide bonds. The van der Waals surface area contributed by atoms with Gasteiger partial charge in [0, 0.05) is 30.5 Å². The van der Waals surface area contributed by atoms with Crippen molar-refractivity contribution in [2.45, 2.75) is 20.0 Å². The third kappa shape index (κ3) is 3.80. The Hall–Kier alpha value is -4.10. The van der Waals surface area contributed by atoms with E-state index in [2.05, 4.69) is 34.5 Å². The summed E-state index contributed by atoms with van der Waals surface area (Å²) in [5.74, 6) is 0.797. The van der Waals surface area contributed by atoms with Gasteiger partial charge in [0.25, 0.3) is 0 Å². The van der Waals surface area contributed by atoms with Gasteiger partial charge in [0.05, 0.1) is 33.1 Å². The third-order valence-electron chi connectivity index (χ3n) is 5.72. The monoisotopic (exact) mass is 463 g/mol. The summed E-state index contributed by atoms with van der Waals surface area (Å²) in [4.78, 5) is 6.14. The van der Waals surface area contributed by atoms with Crippen molar-refractivity contribution >= 4 is 28.8 Å². The molecule has 166 valence electrons. The van der Waals surface area contributed by atoms with Crippen LogP contribution in [-0.4, -0.2) is 26.5 Å². The number of hydrogen-bond donors (Lipinski definition) is 0. The first-order chi connectivity index (χ1) is 16.8. The maximum Gasteiger partial charge on any atom is 0.128 e. The van der Waals surface area contributed by atoms with E-state index in [1.54, 1.807) is 11.3 Å². The highest BCUT2D eigenvalue weighted by atomic mass is 32.1. The lowest BCUT2D eigenvalue weighted by molar-refractivity contribution is 0.306. The molecule has 6 rings (SSSR count). The van der Waals surface area contributed by atoms with Gasteiger partial charge in [-0.1, -0.05) is 60.7 Å². The van der Waals surface area contributed by atoms with E-state index in [1.807, 2.05) is 72.4 Å². The summed E-state index contributed by atoms with van der Waals surface area (Å²) in [6, 6.07) is 24.4. The number of benzene rings is 2. The molecule has 1 aliphatic heterocycles. The average molecular weight is 464 g/mol. The molecular weight excluding hydrogens is 442 g/mol. The van der Waals surface area contributed by atoms with Crippen LogP contribution in [0.3, 0.4) is 0 Å². The maximum absolute atomic E-state index is 6.09. The topological polar surface area (TPSA) is 64.1 Å². The van der Waals surface area contributed by atoms with E-state index in [1.165, 1.54) is 0 Å². The van der Waals surface area contributed by atoms with Crippen molar-refractivity contribution in [1.29, 1.82) is 0 Å². The molecule has 4 heterocycles. The Morgan fingerprint density at radius 1 is 1.00 bits per heavy atom. The maximum atomic E-state index is 6.09. The van der Waals surface area contributed by atoms with Gasteiger partial charge in [-0.3, -0.25) is 0 Å². The Kier molecular flexibility index (Phi) is 5.24. The van der Waals surface area contributed by atoms with Gasteiger partial charge in [-0.25, -0.2) is 9.50 Å². The van der Waals surface area contributed by atoms with E-state index in [4.69, 9.17) is 14.8 Å². The van der Waals surface area contributed by atoms with Crippen LogP contribution in [0.5, 0.6) is 5.75 Å². The highest BCUT2D eigenvalue weighted by Crippen LogP contribution is 2.39.